The molecule has 0 aliphatic rings. The summed E-state index contributed by atoms with van der Waals surface area (Å²) in [5.74, 6) is -0.540. The first kappa shape index (κ1) is 54.6. The molecule has 0 bridgehead atoms. The zero-order chi connectivity index (χ0) is 42.1. The lowest BCUT2D eigenvalue weighted by atomic mass is 10.1. The van der Waals surface area contributed by atoms with E-state index in [-0.39, 0.29) is 25.2 Å². The van der Waals surface area contributed by atoms with Crippen molar-refractivity contribution >= 4 is 11.9 Å². The van der Waals surface area contributed by atoms with Crippen molar-refractivity contribution in [2.45, 2.75) is 194 Å². The third kappa shape index (κ3) is 45.3. The smallest absolute Gasteiger partial charge is 0.306 e. The molecule has 1 atom stereocenters. The highest BCUT2D eigenvalue weighted by Gasteiger charge is 2.17. The second-order valence-electron chi connectivity index (χ2n) is 14.9. The van der Waals surface area contributed by atoms with Crippen LogP contribution in [-0.4, -0.2) is 37.9 Å². The molecular formula is C53H86O5. The number of esters is 2. The van der Waals surface area contributed by atoms with Crippen molar-refractivity contribution in [1.29, 1.82) is 0 Å². The summed E-state index contributed by atoms with van der Waals surface area (Å²) in [5, 5.41) is 0. The molecule has 0 saturated carbocycles. The van der Waals surface area contributed by atoms with Gasteiger partial charge in [-0.05, 0) is 109 Å². The molecule has 1 unspecified atom stereocenters. The lowest BCUT2D eigenvalue weighted by Gasteiger charge is -2.18. The van der Waals surface area contributed by atoms with Crippen LogP contribution in [0, 0.1) is 0 Å². The number of unbranched alkanes of at least 4 members (excludes halogenated alkanes) is 12. The number of rotatable bonds is 41. The quantitative estimate of drug-likeness (QED) is 0.0350. The fourth-order valence-corrected chi connectivity index (χ4v) is 5.86. The van der Waals surface area contributed by atoms with Gasteiger partial charge in [-0.3, -0.25) is 9.59 Å². The van der Waals surface area contributed by atoms with Crippen LogP contribution < -0.4 is 0 Å². The van der Waals surface area contributed by atoms with Crippen LogP contribution in [0.4, 0.5) is 0 Å². The standard InChI is InChI=1S/C53H86O5/c1-4-7-10-13-16-19-22-25-26-27-30-33-36-39-42-45-48-56-49-51(58-53(55)47-44-41-38-35-32-29-24-21-18-15-12-9-6-3)50-57-52(54)46-43-40-37-34-31-28-23-20-17-14-11-8-5-2/h8-9,11-12,16-21,25-26,28-29,31-32,37,40,51H,4-7,10,13-15,22-24,27,30,33-36,38-39,41-50H2,1-3H3/b11-8-,12-9-,19-16-,20-17-,21-18-,26-25-,31-28-,32-29-,40-37-. The zero-order valence-corrected chi connectivity index (χ0v) is 37.5. The minimum Gasteiger partial charge on any atom is -0.462 e. The highest BCUT2D eigenvalue weighted by molar-refractivity contribution is 5.70. The first-order chi connectivity index (χ1) is 28.6. The van der Waals surface area contributed by atoms with Gasteiger partial charge in [-0.1, -0.05) is 175 Å². The minimum atomic E-state index is -0.591. The average molecular weight is 803 g/mol. The normalized spacial score (nSPS) is 13.2. The molecule has 5 heteroatoms. The Morgan fingerprint density at radius 2 is 0.810 bits per heavy atom. The molecule has 0 N–H and O–H groups in total. The molecule has 328 valence electrons. The van der Waals surface area contributed by atoms with E-state index >= 15 is 0 Å². The average Bonchev–Trinajstić information content (AvgIpc) is 3.22. The van der Waals surface area contributed by atoms with Crippen LogP contribution in [0.3, 0.4) is 0 Å². The van der Waals surface area contributed by atoms with E-state index in [9.17, 15) is 9.59 Å². The molecule has 0 aromatic heterocycles. The number of carbonyl (C=O) groups excluding carboxylic acids is 2. The fourth-order valence-electron chi connectivity index (χ4n) is 5.86. The minimum absolute atomic E-state index is 0.0244. The Kier molecular flexibility index (Phi) is 45.1. The number of allylic oxidation sites excluding steroid dienone is 18. The molecule has 0 aliphatic carbocycles. The van der Waals surface area contributed by atoms with Crippen LogP contribution in [0.1, 0.15) is 188 Å². The summed E-state index contributed by atoms with van der Waals surface area (Å²) < 4.78 is 17.2. The summed E-state index contributed by atoms with van der Waals surface area (Å²) in [6, 6.07) is 0. The maximum atomic E-state index is 12.7. The molecule has 0 aromatic rings. The Morgan fingerprint density at radius 3 is 1.31 bits per heavy atom. The topological polar surface area (TPSA) is 61.8 Å². The second-order valence-corrected chi connectivity index (χ2v) is 14.9. The summed E-state index contributed by atoms with van der Waals surface area (Å²) in [5.41, 5.74) is 0. The zero-order valence-electron chi connectivity index (χ0n) is 37.5. The van der Waals surface area contributed by atoms with E-state index in [0.717, 1.165) is 96.3 Å². The Hall–Kier alpha value is -3.44. The Labute approximate surface area is 357 Å². The molecule has 0 amide bonds. The van der Waals surface area contributed by atoms with Crippen LogP contribution in [0.5, 0.6) is 0 Å². The number of hydrogen-bond acceptors (Lipinski definition) is 5. The summed E-state index contributed by atoms with van der Waals surface area (Å²) in [7, 11) is 0. The monoisotopic (exact) mass is 803 g/mol. The predicted molar refractivity (Wildman–Crippen MR) is 251 cm³/mol. The second kappa shape index (κ2) is 47.9. The van der Waals surface area contributed by atoms with Gasteiger partial charge in [0.25, 0.3) is 0 Å². The van der Waals surface area contributed by atoms with Gasteiger partial charge in [0, 0.05) is 19.4 Å². The number of carbonyl (C=O) groups is 2. The van der Waals surface area contributed by atoms with Gasteiger partial charge in [0.1, 0.15) is 6.61 Å². The third-order valence-electron chi connectivity index (χ3n) is 9.29. The molecule has 0 heterocycles. The maximum absolute atomic E-state index is 12.7. The molecule has 0 saturated heterocycles. The molecule has 58 heavy (non-hydrogen) atoms. The molecule has 5 nitrogen and oxygen atoms in total. The Balaban J connectivity index is 4.44. The van der Waals surface area contributed by atoms with Gasteiger partial charge in [0.05, 0.1) is 6.61 Å². The Bertz CT molecular complexity index is 1180. The molecule has 0 aliphatic heterocycles. The van der Waals surface area contributed by atoms with Crippen molar-refractivity contribution in [3.8, 4) is 0 Å². The third-order valence-corrected chi connectivity index (χ3v) is 9.29. The van der Waals surface area contributed by atoms with Crippen LogP contribution in [0.25, 0.3) is 0 Å². The molecular weight excluding hydrogens is 717 g/mol. The van der Waals surface area contributed by atoms with Gasteiger partial charge in [-0.25, -0.2) is 0 Å². The van der Waals surface area contributed by atoms with Gasteiger partial charge < -0.3 is 14.2 Å². The molecule has 0 fully saturated rings. The number of hydrogen-bond donors (Lipinski definition) is 0. The van der Waals surface area contributed by atoms with Gasteiger partial charge >= 0.3 is 11.9 Å². The van der Waals surface area contributed by atoms with Crippen molar-refractivity contribution < 1.29 is 23.8 Å². The van der Waals surface area contributed by atoms with Gasteiger partial charge in [-0.15, -0.1) is 0 Å². The van der Waals surface area contributed by atoms with Crippen molar-refractivity contribution in [2.75, 3.05) is 19.8 Å². The van der Waals surface area contributed by atoms with Gasteiger partial charge in [0.2, 0.25) is 0 Å². The van der Waals surface area contributed by atoms with E-state index < -0.39 is 6.10 Å². The predicted octanol–water partition coefficient (Wildman–Crippen LogP) is 15.7. The summed E-state index contributed by atoms with van der Waals surface area (Å²) in [4.78, 5) is 25.2. The molecule has 0 spiro atoms. The highest BCUT2D eigenvalue weighted by atomic mass is 16.6. The van der Waals surface area contributed by atoms with E-state index in [4.69, 9.17) is 14.2 Å². The maximum Gasteiger partial charge on any atom is 0.306 e. The Morgan fingerprint density at radius 1 is 0.397 bits per heavy atom. The first-order valence-electron chi connectivity index (χ1n) is 23.4. The SMILES string of the molecule is CC/C=C\C/C=C\C/C=C\C/C=C\CCC(=O)OCC(COCCCCCCCC/C=C\C/C=C\CCCCC)OC(=O)CCCCC/C=C\C/C=C\C/C=C\CC. The summed E-state index contributed by atoms with van der Waals surface area (Å²) >= 11 is 0. The van der Waals surface area contributed by atoms with Gasteiger partial charge in [0.15, 0.2) is 6.10 Å². The van der Waals surface area contributed by atoms with Gasteiger partial charge in [-0.2, -0.15) is 0 Å². The van der Waals surface area contributed by atoms with E-state index in [1.165, 1.54) is 51.4 Å². The van der Waals surface area contributed by atoms with E-state index in [0.29, 0.717) is 25.9 Å². The summed E-state index contributed by atoms with van der Waals surface area (Å²) in [6.07, 6.45) is 65.3. The van der Waals surface area contributed by atoms with Crippen molar-refractivity contribution in [2.24, 2.45) is 0 Å². The van der Waals surface area contributed by atoms with E-state index in [1.807, 2.05) is 6.08 Å². The van der Waals surface area contributed by atoms with E-state index in [2.05, 4.69) is 124 Å². The lowest BCUT2D eigenvalue weighted by molar-refractivity contribution is -0.162. The van der Waals surface area contributed by atoms with Crippen molar-refractivity contribution in [3.63, 3.8) is 0 Å². The molecule has 0 aromatic carbocycles. The largest absolute Gasteiger partial charge is 0.462 e. The molecule has 0 radical (unpaired) electrons. The van der Waals surface area contributed by atoms with Crippen LogP contribution in [-0.2, 0) is 23.8 Å². The number of ether oxygens (including phenoxy) is 3. The van der Waals surface area contributed by atoms with E-state index in [1.54, 1.807) is 0 Å². The van der Waals surface area contributed by atoms with Crippen molar-refractivity contribution in [1.82, 2.24) is 0 Å². The first-order valence-corrected chi connectivity index (χ1v) is 23.4. The molecule has 0 rings (SSSR count). The van der Waals surface area contributed by atoms with Crippen LogP contribution in [0.2, 0.25) is 0 Å². The van der Waals surface area contributed by atoms with Crippen LogP contribution >= 0.6 is 0 Å². The highest BCUT2D eigenvalue weighted by Crippen LogP contribution is 2.11. The summed E-state index contributed by atoms with van der Waals surface area (Å²) in [6.45, 7) is 7.41. The van der Waals surface area contributed by atoms with Crippen molar-refractivity contribution in [3.05, 3.63) is 109 Å². The fraction of sp³-hybridized carbons (Fsp3) is 0.623. The van der Waals surface area contributed by atoms with Crippen LogP contribution in [0.15, 0.2) is 109 Å². The lowest BCUT2D eigenvalue weighted by Crippen LogP contribution is -2.30.